The molecule has 1 saturated heterocycles. The molecule has 1 atom stereocenters. The molecule has 188 valence electrons. The van der Waals surface area contributed by atoms with E-state index < -0.39 is 23.5 Å². The number of piperidine rings is 1. The first-order chi connectivity index (χ1) is 17.0. The van der Waals surface area contributed by atoms with Crippen molar-refractivity contribution in [1.82, 2.24) is 20.4 Å². The molecule has 3 N–H and O–H groups in total. The lowest BCUT2D eigenvalue weighted by Crippen LogP contribution is -2.52. The van der Waals surface area contributed by atoms with E-state index in [1.54, 1.807) is 44.4 Å². The van der Waals surface area contributed by atoms with Gasteiger partial charge in [-0.3, -0.25) is 24.5 Å². The van der Waals surface area contributed by atoms with Gasteiger partial charge >= 0.3 is 6.03 Å². The van der Waals surface area contributed by atoms with E-state index in [0.29, 0.717) is 22.4 Å². The highest BCUT2D eigenvalue weighted by Gasteiger charge is 2.39. The van der Waals surface area contributed by atoms with Gasteiger partial charge in [-0.05, 0) is 61.7 Å². The van der Waals surface area contributed by atoms with E-state index in [0.717, 1.165) is 5.56 Å². The summed E-state index contributed by atoms with van der Waals surface area (Å²) in [6.45, 7) is 3.93. The number of rotatable bonds is 5. The van der Waals surface area contributed by atoms with E-state index in [1.165, 1.54) is 9.80 Å². The number of urea groups is 1. The van der Waals surface area contributed by atoms with Crippen molar-refractivity contribution in [1.29, 1.82) is 0 Å². The van der Waals surface area contributed by atoms with Crippen LogP contribution >= 0.6 is 0 Å². The molecule has 10 heteroatoms. The molecule has 0 aromatic heterocycles. The molecular weight excluding hydrogens is 462 g/mol. The molecule has 6 amide bonds. The summed E-state index contributed by atoms with van der Waals surface area (Å²) < 4.78 is 0. The van der Waals surface area contributed by atoms with Crippen LogP contribution < -0.4 is 16.0 Å². The van der Waals surface area contributed by atoms with Crippen LogP contribution in [0.15, 0.2) is 42.5 Å². The Kier molecular flexibility index (Phi) is 6.53. The Balaban J connectivity index is 1.41. The monoisotopic (exact) mass is 491 g/mol. The highest BCUT2D eigenvalue weighted by molar-refractivity contribution is 6.05. The maximum Gasteiger partial charge on any atom is 0.319 e. The molecule has 2 heterocycles. The molecule has 4 rings (SSSR count). The maximum absolute atomic E-state index is 12.8. The molecular formula is C26H29N5O5. The number of nitrogens with zero attached hydrogens (tertiary/aromatic N) is 2. The van der Waals surface area contributed by atoms with Crippen molar-refractivity contribution in [2.45, 2.75) is 44.8 Å². The van der Waals surface area contributed by atoms with Crippen LogP contribution in [0.4, 0.5) is 10.5 Å². The standard InChI is InChI=1S/C26H29N5O5/c1-26(2,17-7-5-15(6-8-17)23(34)30(3)4)29-25(36)27-18-9-10-19-16(13-18)14-31(24(19)35)20-11-12-21(32)28-22(20)33/h5-10,13,20H,11-12,14H2,1-4H3,(H2,27,29,36)(H,28,32,33). The van der Waals surface area contributed by atoms with Crippen molar-refractivity contribution >= 4 is 35.3 Å². The third-order valence-corrected chi connectivity index (χ3v) is 6.47. The van der Waals surface area contributed by atoms with Gasteiger partial charge in [0.1, 0.15) is 6.04 Å². The summed E-state index contributed by atoms with van der Waals surface area (Å²) in [4.78, 5) is 64.4. The van der Waals surface area contributed by atoms with Crippen LogP contribution in [-0.4, -0.2) is 59.6 Å². The number of carbonyl (C=O) groups is 5. The van der Waals surface area contributed by atoms with Gasteiger partial charge in [0.25, 0.3) is 11.8 Å². The highest BCUT2D eigenvalue weighted by Crippen LogP contribution is 2.29. The van der Waals surface area contributed by atoms with Crippen molar-refractivity contribution < 1.29 is 24.0 Å². The fourth-order valence-corrected chi connectivity index (χ4v) is 4.46. The first-order valence-corrected chi connectivity index (χ1v) is 11.7. The maximum atomic E-state index is 12.8. The number of hydrogen-bond donors (Lipinski definition) is 3. The Hall–Kier alpha value is -4.21. The fraction of sp³-hybridized carbons (Fsp3) is 0.346. The summed E-state index contributed by atoms with van der Waals surface area (Å²) in [5.41, 5.74) is 2.34. The summed E-state index contributed by atoms with van der Waals surface area (Å²) >= 11 is 0. The number of amides is 6. The first kappa shape index (κ1) is 24.9. The number of anilines is 1. The van der Waals surface area contributed by atoms with Gasteiger partial charge in [-0.25, -0.2) is 4.79 Å². The zero-order valence-corrected chi connectivity index (χ0v) is 20.7. The van der Waals surface area contributed by atoms with Gasteiger partial charge < -0.3 is 20.4 Å². The predicted molar refractivity (Wildman–Crippen MR) is 132 cm³/mol. The van der Waals surface area contributed by atoms with Crippen LogP contribution in [0.1, 0.15) is 58.5 Å². The molecule has 2 aliphatic heterocycles. The van der Waals surface area contributed by atoms with Crippen molar-refractivity contribution in [3.8, 4) is 0 Å². The zero-order valence-electron chi connectivity index (χ0n) is 20.7. The molecule has 2 aromatic carbocycles. The normalized spacial score (nSPS) is 17.4. The second kappa shape index (κ2) is 9.44. The largest absolute Gasteiger partial charge is 0.345 e. The van der Waals surface area contributed by atoms with Crippen LogP contribution in [0.5, 0.6) is 0 Å². The summed E-state index contributed by atoms with van der Waals surface area (Å²) in [5.74, 6) is -1.17. The van der Waals surface area contributed by atoms with Crippen molar-refractivity contribution in [3.63, 3.8) is 0 Å². The SMILES string of the molecule is CN(C)C(=O)c1ccc(C(C)(C)NC(=O)Nc2ccc3c(c2)CN(C2CCC(=O)NC2=O)C3=O)cc1. The summed E-state index contributed by atoms with van der Waals surface area (Å²) in [6, 6.07) is 10.9. The molecule has 10 nitrogen and oxygen atoms in total. The van der Waals surface area contributed by atoms with Crippen LogP contribution in [0.3, 0.4) is 0 Å². The smallest absolute Gasteiger partial charge is 0.319 e. The minimum atomic E-state index is -0.723. The molecule has 0 radical (unpaired) electrons. The topological polar surface area (TPSA) is 128 Å². The first-order valence-electron chi connectivity index (χ1n) is 11.7. The second-order valence-electron chi connectivity index (χ2n) is 9.75. The van der Waals surface area contributed by atoms with Gasteiger partial charge in [-0.15, -0.1) is 0 Å². The number of imide groups is 1. The summed E-state index contributed by atoms with van der Waals surface area (Å²) in [5, 5.41) is 8.02. The quantitative estimate of drug-likeness (QED) is 0.553. The molecule has 2 aliphatic rings. The average molecular weight is 492 g/mol. The Labute approximate surface area is 209 Å². The van der Waals surface area contributed by atoms with Gasteiger partial charge in [-0.2, -0.15) is 0 Å². The number of nitrogens with one attached hydrogen (secondary N) is 3. The molecule has 0 saturated carbocycles. The van der Waals surface area contributed by atoms with Crippen LogP contribution in [0.2, 0.25) is 0 Å². The van der Waals surface area contributed by atoms with E-state index in [9.17, 15) is 24.0 Å². The van der Waals surface area contributed by atoms with Crippen LogP contribution in [-0.2, 0) is 21.7 Å². The summed E-state index contributed by atoms with van der Waals surface area (Å²) in [6.07, 6.45) is 0.477. The molecule has 0 bridgehead atoms. The van der Waals surface area contributed by atoms with Gasteiger partial charge in [0.05, 0.1) is 5.54 Å². The Bertz CT molecular complexity index is 1250. The van der Waals surface area contributed by atoms with Gasteiger partial charge in [0.15, 0.2) is 0 Å². The van der Waals surface area contributed by atoms with E-state index >= 15 is 0 Å². The predicted octanol–water partition coefficient (Wildman–Crippen LogP) is 2.21. The molecule has 1 fully saturated rings. The highest BCUT2D eigenvalue weighted by atomic mass is 16.2. The zero-order chi connectivity index (χ0) is 26.2. The average Bonchev–Trinajstić information content (AvgIpc) is 3.13. The minimum Gasteiger partial charge on any atom is -0.345 e. The third kappa shape index (κ3) is 4.93. The molecule has 0 aliphatic carbocycles. The number of carbonyl (C=O) groups excluding carboxylic acids is 5. The molecule has 36 heavy (non-hydrogen) atoms. The van der Waals surface area contributed by atoms with Crippen molar-refractivity contribution in [2.24, 2.45) is 0 Å². The number of hydrogen-bond acceptors (Lipinski definition) is 5. The van der Waals surface area contributed by atoms with E-state index in [2.05, 4.69) is 16.0 Å². The van der Waals surface area contributed by atoms with Crippen molar-refractivity contribution in [3.05, 3.63) is 64.7 Å². The molecule has 0 spiro atoms. The molecule has 2 aromatic rings. The van der Waals surface area contributed by atoms with E-state index in [4.69, 9.17) is 0 Å². The van der Waals surface area contributed by atoms with Gasteiger partial charge in [0.2, 0.25) is 11.8 Å². The lowest BCUT2D eigenvalue weighted by atomic mass is 9.93. The fourth-order valence-electron chi connectivity index (χ4n) is 4.46. The van der Waals surface area contributed by atoms with Crippen molar-refractivity contribution in [2.75, 3.05) is 19.4 Å². The van der Waals surface area contributed by atoms with Gasteiger partial charge in [0, 0.05) is 43.9 Å². The Morgan fingerprint density at radius 3 is 2.39 bits per heavy atom. The molecule has 1 unspecified atom stereocenters. The minimum absolute atomic E-state index is 0.101. The summed E-state index contributed by atoms with van der Waals surface area (Å²) in [7, 11) is 3.38. The lowest BCUT2D eigenvalue weighted by Gasteiger charge is -2.29. The number of benzene rings is 2. The van der Waals surface area contributed by atoms with E-state index in [-0.39, 0.29) is 37.1 Å². The lowest BCUT2D eigenvalue weighted by molar-refractivity contribution is -0.136. The van der Waals surface area contributed by atoms with Crippen LogP contribution in [0, 0.1) is 0 Å². The van der Waals surface area contributed by atoms with Gasteiger partial charge in [-0.1, -0.05) is 12.1 Å². The second-order valence-corrected chi connectivity index (χ2v) is 9.75. The third-order valence-electron chi connectivity index (χ3n) is 6.47. The Morgan fingerprint density at radius 2 is 1.75 bits per heavy atom. The van der Waals surface area contributed by atoms with E-state index in [1.807, 2.05) is 26.0 Å². The Morgan fingerprint density at radius 1 is 1.06 bits per heavy atom. The van der Waals surface area contributed by atoms with Crippen LogP contribution in [0.25, 0.3) is 0 Å². The number of fused-ring (bicyclic) bond motifs is 1.